The van der Waals surface area contributed by atoms with Gasteiger partial charge in [-0.15, -0.1) is 10.2 Å². The van der Waals surface area contributed by atoms with Crippen LogP contribution in [0.3, 0.4) is 0 Å². The highest BCUT2D eigenvalue weighted by Crippen LogP contribution is 2.28. The van der Waals surface area contributed by atoms with Gasteiger partial charge in [0.2, 0.25) is 5.16 Å². The van der Waals surface area contributed by atoms with Crippen LogP contribution in [0.15, 0.2) is 89.4 Å². The number of methoxy groups -OCH3 is 1. The van der Waals surface area contributed by atoms with Crippen LogP contribution in [-0.2, 0) is 12.4 Å². The number of rotatable bonds is 9. The maximum atomic E-state index is 5.93. The molecule has 6 nitrogen and oxygen atoms in total. The Balaban J connectivity index is 1.41. The molecule has 0 N–H and O–H groups in total. The maximum absolute atomic E-state index is 5.93. The van der Waals surface area contributed by atoms with Gasteiger partial charge in [-0.05, 0) is 47.0 Å². The average Bonchev–Trinajstić information content (AvgIpc) is 3.29. The van der Waals surface area contributed by atoms with Crippen molar-refractivity contribution < 1.29 is 9.47 Å². The molecule has 0 aliphatic heterocycles. The van der Waals surface area contributed by atoms with Crippen LogP contribution < -0.4 is 9.47 Å². The minimum absolute atomic E-state index is 0.420. The second kappa shape index (κ2) is 10.8. The third kappa shape index (κ3) is 5.90. The second-order valence-corrected chi connectivity index (χ2v) is 8.18. The van der Waals surface area contributed by atoms with E-state index in [1.807, 2.05) is 60.7 Å². The summed E-state index contributed by atoms with van der Waals surface area (Å²) in [7, 11) is 1.61. The molecule has 0 aliphatic carbocycles. The van der Waals surface area contributed by atoms with Gasteiger partial charge in [0.15, 0.2) is 11.5 Å². The van der Waals surface area contributed by atoms with Crippen LogP contribution in [0.5, 0.6) is 11.5 Å². The molecule has 0 radical (unpaired) electrons. The first-order valence-electron chi connectivity index (χ1n) is 9.87. The number of ether oxygens (including phenoxy) is 2. The lowest BCUT2D eigenvalue weighted by atomic mass is 10.2. The molecular formula is C24H21ClN4O2S. The second-order valence-electron chi connectivity index (χ2n) is 6.80. The molecule has 0 atom stereocenters. The molecule has 0 unspecified atom stereocenters. The smallest absolute Gasteiger partial charge is 0.212 e. The highest BCUT2D eigenvalue weighted by atomic mass is 35.5. The van der Waals surface area contributed by atoms with Crippen molar-refractivity contribution in [3.8, 4) is 11.5 Å². The van der Waals surface area contributed by atoms with Crippen molar-refractivity contribution in [3.63, 3.8) is 0 Å². The molecule has 0 aliphatic rings. The van der Waals surface area contributed by atoms with Crippen molar-refractivity contribution >= 4 is 29.6 Å². The first-order valence-corrected chi connectivity index (χ1v) is 11.2. The lowest BCUT2D eigenvalue weighted by Gasteiger charge is -2.11. The Labute approximate surface area is 195 Å². The number of hydrogen-bond donors (Lipinski definition) is 0. The highest BCUT2D eigenvalue weighted by Gasteiger charge is 2.07. The number of aromatic nitrogens is 3. The zero-order chi connectivity index (χ0) is 22.2. The fourth-order valence-electron chi connectivity index (χ4n) is 2.87. The molecule has 0 amide bonds. The highest BCUT2D eigenvalue weighted by molar-refractivity contribution is 7.98. The van der Waals surface area contributed by atoms with Gasteiger partial charge in [-0.25, -0.2) is 0 Å². The van der Waals surface area contributed by atoms with Crippen LogP contribution in [-0.4, -0.2) is 28.2 Å². The molecule has 8 heteroatoms. The first kappa shape index (κ1) is 21.9. The Morgan fingerprint density at radius 1 is 1.00 bits per heavy atom. The van der Waals surface area contributed by atoms with E-state index in [9.17, 15) is 0 Å². The molecule has 3 aromatic carbocycles. The lowest BCUT2D eigenvalue weighted by Crippen LogP contribution is -1.99. The monoisotopic (exact) mass is 464 g/mol. The van der Waals surface area contributed by atoms with E-state index >= 15 is 0 Å². The summed E-state index contributed by atoms with van der Waals surface area (Å²) in [5.41, 5.74) is 3.11. The molecular weight excluding hydrogens is 444 g/mol. The van der Waals surface area contributed by atoms with E-state index in [1.54, 1.807) is 36.1 Å². The van der Waals surface area contributed by atoms with Crippen molar-refractivity contribution in [1.82, 2.24) is 14.9 Å². The summed E-state index contributed by atoms with van der Waals surface area (Å²) in [5.74, 6) is 2.08. The van der Waals surface area contributed by atoms with Crippen LogP contribution in [0, 0.1) is 0 Å². The van der Waals surface area contributed by atoms with E-state index < -0.39 is 0 Å². The lowest BCUT2D eigenvalue weighted by molar-refractivity contribution is 0.284. The predicted octanol–water partition coefficient (Wildman–Crippen LogP) is 5.69. The Kier molecular flexibility index (Phi) is 7.42. The fraction of sp³-hybridized carbons (Fsp3) is 0.125. The number of benzene rings is 3. The van der Waals surface area contributed by atoms with Crippen LogP contribution in [0.1, 0.15) is 16.7 Å². The third-order valence-electron chi connectivity index (χ3n) is 4.54. The summed E-state index contributed by atoms with van der Waals surface area (Å²) < 4.78 is 13.1. The molecule has 4 aromatic rings. The van der Waals surface area contributed by atoms with Gasteiger partial charge in [0, 0.05) is 10.8 Å². The van der Waals surface area contributed by atoms with Crippen LogP contribution in [0.2, 0.25) is 5.02 Å². The van der Waals surface area contributed by atoms with Crippen molar-refractivity contribution in [2.24, 2.45) is 5.10 Å². The molecule has 1 heterocycles. The summed E-state index contributed by atoms with van der Waals surface area (Å²) >= 11 is 7.51. The van der Waals surface area contributed by atoms with E-state index in [2.05, 4.69) is 27.4 Å². The number of hydrogen-bond acceptors (Lipinski definition) is 6. The van der Waals surface area contributed by atoms with Gasteiger partial charge >= 0.3 is 0 Å². The Bertz CT molecular complexity index is 1180. The molecule has 4 rings (SSSR count). The number of nitrogens with zero attached hydrogens (tertiary/aromatic N) is 4. The maximum Gasteiger partial charge on any atom is 0.212 e. The quantitative estimate of drug-likeness (QED) is 0.235. The standard InChI is InChI=1S/C24H21ClN4O2S/c1-30-23-13-20(9-12-22(23)31-15-18-7-10-21(25)11-8-18)14-27-29-17-26-28-24(29)32-16-19-5-3-2-4-6-19/h2-14,17H,15-16H2,1H3/b27-14+. The van der Waals surface area contributed by atoms with E-state index in [-0.39, 0.29) is 0 Å². The molecule has 1 aromatic heterocycles. The molecule has 0 spiro atoms. The summed E-state index contributed by atoms with van der Waals surface area (Å²) in [6, 6.07) is 23.4. The minimum Gasteiger partial charge on any atom is -0.493 e. The van der Waals surface area contributed by atoms with Gasteiger partial charge in [0.25, 0.3) is 0 Å². The van der Waals surface area contributed by atoms with Gasteiger partial charge in [0.1, 0.15) is 12.9 Å². The third-order valence-corrected chi connectivity index (χ3v) is 5.79. The topological polar surface area (TPSA) is 61.5 Å². The van der Waals surface area contributed by atoms with Crippen molar-refractivity contribution in [1.29, 1.82) is 0 Å². The molecule has 0 saturated carbocycles. The van der Waals surface area contributed by atoms with Gasteiger partial charge < -0.3 is 9.47 Å². The first-order chi connectivity index (χ1) is 15.7. The van der Waals surface area contributed by atoms with E-state index in [0.29, 0.717) is 23.1 Å². The SMILES string of the molecule is COc1cc(/C=N/n2cnnc2SCc2ccccc2)ccc1OCc1ccc(Cl)cc1. The number of halogens is 1. The predicted molar refractivity (Wildman–Crippen MR) is 128 cm³/mol. The zero-order valence-electron chi connectivity index (χ0n) is 17.4. The van der Waals surface area contributed by atoms with Crippen LogP contribution in [0.25, 0.3) is 0 Å². The Morgan fingerprint density at radius 3 is 2.59 bits per heavy atom. The molecule has 162 valence electrons. The summed E-state index contributed by atoms with van der Waals surface area (Å²) in [6.07, 6.45) is 3.33. The largest absolute Gasteiger partial charge is 0.493 e. The summed E-state index contributed by atoms with van der Waals surface area (Å²) in [4.78, 5) is 0. The van der Waals surface area contributed by atoms with Gasteiger partial charge in [-0.2, -0.15) is 9.78 Å². The average molecular weight is 465 g/mol. The molecule has 32 heavy (non-hydrogen) atoms. The van der Waals surface area contributed by atoms with E-state index in [1.165, 1.54) is 5.56 Å². The van der Waals surface area contributed by atoms with Gasteiger partial charge in [-0.3, -0.25) is 0 Å². The van der Waals surface area contributed by atoms with Crippen LogP contribution >= 0.6 is 23.4 Å². The normalized spacial score (nSPS) is 11.1. The Hall–Kier alpha value is -3.29. The van der Waals surface area contributed by atoms with E-state index in [4.69, 9.17) is 21.1 Å². The molecule has 0 fully saturated rings. The van der Waals surface area contributed by atoms with Crippen LogP contribution in [0.4, 0.5) is 0 Å². The summed E-state index contributed by atoms with van der Waals surface area (Å²) in [6.45, 7) is 0.420. The van der Waals surface area contributed by atoms with E-state index in [0.717, 1.165) is 22.0 Å². The zero-order valence-corrected chi connectivity index (χ0v) is 19.0. The van der Waals surface area contributed by atoms with Crippen molar-refractivity contribution in [2.75, 3.05) is 7.11 Å². The fourth-order valence-corrected chi connectivity index (χ4v) is 3.82. The Morgan fingerprint density at radius 2 is 1.81 bits per heavy atom. The van der Waals surface area contributed by atoms with Crippen molar-refractivity contribution in [3.05, 3.63) is 101 Å². The van der Waals surface area contributed by atoms with Gasteiger partial charge in [0.05, 0.1) is 13.3 Å². The molecule has 0 saturated heterocycles. The van der Waals surface area contributed by atoms with Gasteiger partial charge in [-0.1, -0.05) is 65.8 Å². The summed E-state index contributed by atoms with van der Waals surface area (Å²) in [5, 5.41) is 14.1. The number of thioether (sulfide) groups is 1. The minimum atomic E-state index is 0.420. The van der Waals surface area contributed by atoms with Crippen molar-refractivity contribution in [2.45, 2.75) is 17.5 Å². The molecule has 0 bridgehead atoms.